The average molecular weight is 1410 g/mol. The minimum atomic E-state index is -0.695. The number of aromatic nitrogens is 4. The van der Waals surface area contributed by atoms with Crippen LogP contribution < -0.4 is 44.5 Å². The first-order valence-corrected chi connectivity index (χ1v) is 34.4. The molecule has 0 radical (unpaired) electrons. The lowest BCUT2D eigenvalue weighted by Crippen LogP contribution is -2.45. The molecule has 7 amide bonds. The fraction of sp³-hybridized carbons (Fsp3) is 0.548. The minimum absolute atomic E-state index is 0. The van der Waals surface area contributed by atoms with Crippen molar-refractivity contribution in [3.8, 4) is 0 Å². The molecule has 100 heavy (non-hydrogen) atoms. The fourth-order valence-electron chi connectivity index (χ4n) is 11.8. The molecule has 0 spiro atoms. The van der Waals surface area contributed by atoms with Crippen molar-refractivity contribution in [1.29, 1.82) is 0 Å². The number of alkyl carbamates (subject to hydrolysis) is 1. The second-order valence-corrected chi connectivity index (χ2v) is 26.5. The highest BCUT2D eigenvalue weighted by Crippen LogP contribution is 2.27. The van der Waals surface area contributed by atoms with Gasteiger partial charge >= 0.3 is 17.5 Å². The molecule has 2 aliphatic rings. The van der Waals surface area contributed by atoms with E-state index in [1.807, 2.05) is 62.4 Å². The number of nitrogens with two attached hydrogens (primary N) is 3. The van der Waals surface area contributed by atoms with Gasteiger partial charge in [-0.3, -0.25) is 57.7 Å². The zero-order valence-electron chi connectivity index (χ0n) is 58.9. The molecular weight excluding hydrogens is 1310 g/mol. The summed E-state index contributed by atoms with van der Waals surface area (Å²) < 4.78 is 46.4. The summed E-state index contributed by atoms with van der Waals surface area (Å²) in [6.45, 7) is 14.5. The van der Waals surface area contributed by atoms with E-state index in [0.717, 1.165) is 84.7 Å². The third kappa shape index (κ3) is 25.5. The Morgan fingerprint density at radius 2 is 0.880 bits per heavy atom. The smallest absolute Gasteiger partial charge is 0.407 e. The van der Waals surface area contributed by atoms with Gasteiger partial charge in [-0.25, -0.2) is 14.4 Å². The van der Waals surface area contributed by atoms with Crippen molar-refractivity contribution in [3.05, 3.63) is 139 Å². The number of imidazole rings is 2. The number of amides is 7. The van der Waals surface area contributed by atoms with Crippen molar-refractivity contribution in [2.75, 3.05) is 52.9 Å². The molecule has 6 aromatic rings. The SMILES string of the molecule is C[C@@H](OCc1ccc(CCCOCCOCCCc2ccc3c(c2)n(C)c(=O)n3C2CCC(=O)NC2=O)cc1)[C@@H](N)CCC(N)=O.C[C@@H](OCc1ccc(CCCOCCOCCCc2ccc3c(c2)n(C)c(=O)n3C2CCC(=O)NC2=O)cc1)[C@H](CCC(N)=O)NC(=O)OC(C)(C)C.Cl. The summed E-state index contributed by atoms with van der Waals surface area (Å²) in [5.41, 5.74) is 24.9. The zero-order chi connectivity index (χ0) is 71.6. The molecule has 548 valence electrons. The lowest BCUT2D eigenvalue weighted by molar-refractivity contribution is -0.137. The van der Waals surface area contributed by atoms with Gasteiger partial charge < -0.3 is 55.7 Å². The van der Waals surface area contributed by atoms with E-state index in [9.17, 15) is 43.2 Å². The minimum Gasteiger partial charge on any atom is -0.444 e. The Hall–Kier alpha value is -8.08. The van der Waals surface area contributed by atoms with Gasteiger partial charge in [0.1, 0.15) is 17.7 Å². The van der Waals surface area contributed by atoms with Crippen molar-refractivity contribution in [2.45, 2.75) is 193 Å². The molecule has 0 aliphatic carbocycles. The Balaban J connectivity index is 0.000000315. The number of piperidine rings is 2. The summed E-state index contributed by atoms with van der Waals surface area (Å²) >= 11 is 0. The molecule has 4 heterocycles. The van der Waals surface area contributed by atoms with Crippen LogP contribution in [-0.2, 0) is 115 Å². The van der Waals surface area contributed by atoms with E-state index in [0.29, 0.717) is 103 Å². The number of carbonyl (C=O) groups excluding carboxylic acids is 7. The monoisotopic (exact) mass is 1410 g/mol. The Kier molecular flexibility index (Phi) is 32.7. The highest BCUT2D eigenvalue weighted by atomic mass is 35.5. The van der Waals surface area contributed by atoms with Gasteiger partial charge in [-0.05, 0) is 169 Å². The number of rotatable bonds is 39. The number of fused-ring (bicyclic) bond motifs is 2. The highest BCUT2D eigenvalue weighted by molar-refractivity contribution is 6.01. The van der Waals surface area contributed by atoms with Crippen molar-refractivity contribution < 1.29 is 66.7 Å². The number of primary amides is 2. The van der Waals surface area contributed by atoms with E-state index < -0.39 is 47.5 Å². The zero-order valence-corrected chi connectivity index (χ0v) is 59.7. The molecule has 0 bridgehead atoms. The van der Waals surface area contributed by atoms with E-state index >= 15 is 0 Å². The summed E-state index contributed by atoms with van der Waals surface area (Å²) in [4.78, 5) is 108. The standard InChI is InChI=1S/C39H55N5O9.C34H47N5O7.ClH/c1-26(30(15-18-34(40)45)41-37(48)53-39(2,3)4)52-25-29-12-10-27(11-13-29)8-6-20-50-22-23-51-21-7-9-28-14-16-31-33(24-28)43(5)38(49)44(31)32-17-19-35(46)42-36(32)47;1-23(27(35)12-15-31(36)40)46-22-26-9-7-24(8-10-26)5-3-17-44-19-20-45-18-4-6-25-11-13-28-30(21-25)38(2)34(43)39(28)29-14-16-32(41)37-33(29)42;/h10-14,16,24,26,30,32H,6-9,15,17-23,25H2,1-5H3,(H2,40,45)(H,41,48)(H,42,46,47);7-11,13,21,23,27,29H,3-6,12,14-20,22,35H2,1-2H3,(H2,36,40)(H,37,41,42);1H/t26-,30+,32?;23-,27+,29?;/m11./s1. The van der Waals surface area contributed by atoms with Crippen LogP contribution in [0.25, 0.3) is 22.1 Å². The molecule has 6 atom stereocenters. The van der Waals surface area contributed by atoms with Gasteiger partial charge in [0.25, 0.3) is 0 Å². The average Bonchev–Trinajstić information content (AvgIpc) is 1.62. The number of nitrogens with zero attached hydrogens (tertiary/aromatic N) is 4. The van der Waals surface area contributed by atoms with Crippen molar-refractivity contribution >= 4 is 76.0 Å². The molecule has 26 nitrogen and oxygen atoms in total. The second kappa shape index (κ2) is 40.4. The number of ether oxygens (including phenoxy) is 7. The predicted molar refractivity (Wildman–Crippen MR) is 380 cm³/mol. The lowest BCUT2D eigenvalue weighted by Gasteiger charge is -2.27. The third-order valence-corrected chi connectivity index (χ3v) is 17.5. The van der Waals surface area contributed by atoms with E-state index in [1.54, 1.807) is 44.0 Å². The van der Waals surface area contributed by atoms with Crippen LogP contribution in [0.5, 0.6) is 0 Å². The maximum Gasteiger partial charge on any atom is 0.407 e. The summed E-state index contributed by atoms with van der Waals surface area (Å²) in [6.07, 6.45) is 7.99. The molecule has 2 unspecified atom stereocenters. The Morgan fingerprint density at radius 3 is 1.26 bits per heavy atom. The Bertz CT molecular complexity index is 3780. The molecule has 4 aromatic carbocycles. The first-order valence-electron chi connectivity index (χ1n) is 34.4. The van der Waals surface area contributed by atoms with E-state index in [2.05, 4.69) is 52.3 Å². The molecule has 9 N–H and O–H groups in total. The van der Waals surface area contributed by atoms with Crippen molar-refractivity contribution in [1.82, 2.24) is 34.2 Å². The number of hydrogen-bond acceptors (Lipinski definition) is 17. The first kappa shape index (κ1) is 80.9. The third-order valence-electron chi connectivity index (χ3n) is 17.5. The van der Waals surface area contributed by atoms with Crippen molar-refractivity contribution in [3.63, 3.8) is 0 Å². The van der Waals surface area contributed by atoms with Gasteiger partial charge in [0.05, 0.1) is 80.0 Å². The number of hydrogen-bond donors (Lipinski definition) is 6. The summed E-state index contributed by atoms with van der Waals surface area (Å²) in [7, 11) is 3.39. The van der Waals surface area contributed by atoms with Crippen LogP contribution in [0.15, 0.2) is 94.5 Å². The maximum atomic E-state index is 13.0. The molecular formula is C73H103ClN10O16. The fourth-order valence-corrected chi connectivity index (χ4v) is 11.8. The van der Waals surface area contributed by atoms with Crippen LogP contribution in [-0.4, -0.2) is 143 Å². The number of halogens is 1. The van der Waals surface area contributed by atoms with Gasteiger partial charge in [-0.15, -0.1) is 12.4 Å². The van der Waals surface area contributed by atoms with Crippen molar-refractivity contribution in [2.24, 2.45) is 31.3 Å². The molecule has 2 aliphatic heterocycles. The number of carbonyl (C=O) groups is 7. The van der Waals surface area contributed by atoms with Gasteiger partial charge in [0.2, 0.25) is 35.4 Å². The number of benzene rings is 4. The van der Waals surface area contributed by atoms with E-state index in [1.165, 1.54) is 20.3 Å². The van der Waals surface area contributed by atoms with Crippen LogP contribution in [0.1, 0.15) is 157 Å². The van der Waals surface area contributed by atoms with Gasteiger partial charge in [-0.2, -0.15) is 0 Å². The van der Waals surface area contributed by atoms with Gasteiger partial charge in [-0.1, -0.05) is 60.7 Å². The Labute approximate surface area is 590 Å². The number of imide groups is 2. The maximum absolute atomic E-state index is 13.0. The van der Waals surface area contributed by atoms with Gasteiger partial charge in [0.15, 0.2) is 0 Å². The van der Waals surface area contributed by atoms with Crippen LogP contribution >= 0.6 is 12.4 Å². The molecule has 0 saturated carbocycles. The Morgan fingerprint density at radius 1 is 0.520 bits per heavy atom. The number of nitrogens with one attached hydrogen (secondary N) is 3. The van der Waals surface area contributed by atoms with E-state index in [-0.39, 0.29) is 85.4 Å². The summed E-state index contributed by atoms with van der Waals surface area (Å²) in [5, 5.41) is 7.48. The molecule has 27 heteroatoms. The largest absolute Gasteiger partial charge is 0.444 e. The summed E-state index contributed by atoms with van der Waals surface area (Å²) in [5.74, 6) is -2.29. The van der Waals surface area contributed by atoms with Crippen LogP contribution in [0, 0.1) is 0 Å². The van der Waals surface area contributed by atoms with Crippen LogP contribution in [0.4, 0.5) is 4.79 Å². The van der Waals surface area contributed by atoms with Gasteiger partial charge in [0, 0.05) is 72.2 Å². The first-order chi connectivity index (χ1) is 47.3. The molecule has 2 aromatic heterocycles. The highest BCUT2D eigenvalue weighted by Gasteiger charge is 2.33. The normalized spacial score (nSPS) is 16.0. The van der Waals surface area contributed by atoms with Crippen LogP contribution in [0.2, 0.25) is 0 Å². The quantitative estimate of drug-likeness (QED) is 0.0170. The summed E-state index contributed by atoms with van der Waals surface area (Å²) in [6, 6.07) is 26.1. The topological polar surface area (TPSA) is 352 Å². The second-order valence-electron chi connectivity index (χ2n) is 26.5. The van der Waals surface area contributed by atoms with Crippen LogP contribution in [0.3, 0.4) is 0 Å². The molecule has 2 saturated heterocycles. The predicted octanol–water partition coefficient (Wildman–Crippen LogP) is 6.82. The molecule has 8 rings (SSSR count). The van der Waals surface area contributed by atoms with E-state index in [4.69, 9.17) is 50.4 Å². The number of aryl methyl sites for hydroxylation is 6. The molecule has 2 fully saturated rings. The lowest BCUT2D eigenvalue weighted by atomic mass is 10.1.